The number of hydrogen-bond acceptors (Lipinski definition) is 4. The molecule has 144 valence electrons. The normalized spacial score (nSPS) is 16.4. The van der Waals surface area contributed by atoms with Crippen LogP contribution in [0.15, 0.2) is 24.3 Å². The van der Waals surface area contributed by atoms with Crippen LogP contribution in [-0.2, 0) is 4.79 Å². The molecule has 1 aromatic carbocycles. The molecule has 27 heavy (non-hydrogen) atoms. The molecule has 1 fully saturated rings. The fourth-order valence-electron chi connectivity index (χ4n) is 3.16. The number of piperazine rings is 1. The van der Waals surface area contributed by atoms with Gasteiger partial charge in [0.2, 0.25) is 17.5 Å². The number of primary amides is 1. The molecular weight excluding hydrogens is 388 g/mol. The van der Waals surface area contributed by atoms with Gasteiger partial charge in [-0.3, -0.25) is 9.69 Å². The van der Waals surface area contributed by atoms with Gasteiger partial charge in [0.15, 0.2) is 0 Å². The monoisotopic (exact) mass is 402 g/mol. The summed E-state index contributed by atoms with van der Waals surface area (Å²) < 4.78 is 54.5. The van der Waals surface area contributed by atoms with Crippen molar-refractivity contribution in [1.82, 2.24) is 9.88 Å². The lowest BCUT2D eigenvalue weighted by Crippen LogP contribution is -2.51. The molecule has 2 heterocycles. The fourth-order valence-corrected chi connectivity index (χ4v) is 3.28. The number of nitrogens with two attached hydrogens (primary N) is 1. The molecule has 0 saturated carbocycles. The van der Waals surface area contributed by atoms with Gasteiger partial charge in [-0.05, 0) is 17.7 Å². The van der Waals surface area contributed by atoms with Gasteiger partial charge in [-0.1, -0.05) is 23.7 Å². The highest BCUT2D eigenvalue weighted by atomic mass is 35.5. The van der Waals surface area contributed by atoms with Crippen molar-refractivity contribution in [3.63, 3.8) is 0 Å². The van der Waals surface area contributed by atoms with Crippen molar-refractivity contribution in [2.45, 2.75) is 6.04 Å². The van der Waals surface area contributed by atoms with Crippen LogP contribution < -0.4 is 10.6 Å². The Morgan fingerprint density at radius 3 is 2.00 bits per heavy atom. The molecule has 1 amide bonds. The number of carbonyl (C=O) groups is 1. The predicted octanol–water partition coefficient (Wildman–Crippen LogP) is 2.64. The molecule has 1 unspecified atom stereocenters. The van der Waals surface area contributed by atoms with Crippen molar-refractivity contribution in [2.75, 3.05) is 31.1 Å². The number of rotatable bonds is 4. The third-order valence-corrected chi connectivity index (χ3v) is 4.68. The maximum atomic E-state index is 13.9. The summed E-state index contributed by atoms with van der Waals surface area (Å²) in [6, 6.07) is 5.81. The van der Waals surface area contributed by atoms with E-state index in [1.54, 1.807) is 29.2 Å². The van der Waals surface area contributed by atoms with Gasteiger partial charge in [-0.2, -0.15) is 22.5 Å². The van der Waals surface area contributed by atoms with Crippen molar-refractivity contribution in [2.24, 2.45) is 5.73 Å². The van der Waals surface area contributed by atoms with Crippen LogP contribution in [0.5, 0.6) is 0 Å². The van der Waals surface area contributed by atoms with Gasteiger partial charge in [-0.25, -0.2) is 0 Å². The highest BCUT2D eigenvalue weighted by molar-refractivity contribution is 6.30. The topological polar surface area (TPSA) is 62.5 Å². The lowest BCUT2D eigenvalue weighted by atomic mass is 10.0. The minimum absolute atomic E-state index is 0.0358. The lowest BCUT2D eigenvalue weighted by Gasteiger charge is -2.39. The smallest absolute Gasteiger partial charge is 0.253 e. The average Bonchev–Trinajstić information content (AvgIpc) is 2.63. The van der Waals surface area contributed by atoms with Gasteiger partial charge in [0, 0.05) is 31.2 Å². The molecule has 0 aliphatic carbocycles. The van der Waals surface area contributed by atoms with E-state index in [1.807, 2.05) is 0 Å². The number of pyridine rings is 1. The number of amides is 1. The van der Waals surface area contributed by atoms with Gasteiger partial charge < -0.3 is 10.6 Å². The molecule has 0 bridgehead atoms. The van der Waals surface area contributed by atoms with E-state index >= 15 is 0 Å². The van der Waals surface area contributed by atoms with Crippen LogP contribution in [0.4, 0.5) is 23.2 Å². The minimum atomic E-state index is -1.71. The summed E-state index contributed by atoms with van der Waals surface area (Å²) in [6.07, 6.45) is 0. The van der Waals surface area contributed by atoms with E-state index < -0.39 is 41.2 Å². The Bertz CT molecular complexity index is 831. The number of nitrogens with zero attached hydrogens (tertiary/aromatic N) is 3. The summed E-state index contributed by atoms with van der Waals surface area (Å²) in [5, 5.41) is 0.500. The average molecular weight is 403 g/mol. The van der Waals surface area contributed by atoms with Gasteiger partial charge >= 0.3 is 0 Å². The summed E-state index contributed by atoms with van der Waals surface area (Å²) >= 11 is 5.85. The van der Waals surface area contributed by atoms with Crippen molar-refractivity contribution in [3.8, 4) is 0 Å². The first-order chi connectivity index (χ1) is 12.8. The van der Waals surface area contributed by atoms with Crippen LogP contribution in [0, 0.1) is 23.5 Å². The molecule has 10 heteroatoms. The first-order valence-electron chi connectivity index (χ1n) is 8.03. The van der Waals surface area contributed by atoms with E-state index in [2.05, 4.69) is 4.98 Å². The van der Waals surface area contributed by atoms with E-state index in [0.717, 1.165) is 0 Å². The Hall–Kier alpha value is -2.39. The third kappa shape index (κ3) is 3.84. The maximum Gasteiger partial charge on any atom is 0.253 e. The van der Waals surface area contributed by atoms with Crippen molar-refractivity contribution in [3.05, 3.63) is 58.4 Å². The Morgan fingerprint density at radius 2 is 1.52 bits per heavy atom. The van der Waals surface area contributed by atoms with Crippen LogP contribution in [0.2, 0.25) is 5.02 Å². The second-order valence-corrected chi connectivity index (χ2v) is 6.49. The van der Waals surface area contributed by atoms with E-state index in [9.17, 15) is 22.4 Å². The molecule has 1 aliphatic rings. The number of halogens is 5. The molecule has 2 N–H and O–H groups in total. The molecule has 1 atom stereocenters. The molecule has 5 nitrogen and oxygen atoms in total. The summed E-state index contributed by atoms with van der Waals surface area (Å²) in [5.41, 5.74) is 5.34. The largest absolute Gasteiger partial charge is 0.368 e. The zero-order valence-electron chi connectivity index (χ0n) is 13.9. The summed E-state index contributed by atoms with van der Waals surface area (Å²) in [7, 11) is 0. The molecule has 3 rings (SSSR count). The fraction of sp³-hybridized carbons (Fsp3) is 0.294. The number of hydrogen-bond donors (Lipinski definition) is 1. The molecule has 0 radical (unpaired) electrons. The van der Waals surface area contributed by atoms with Gasteiger partial charge in [-0.15, -0.1) is 0 Å². The number of carbonyl (C=O) groups excluding carboxylic acids is 1. The molecule has 2 aromatic rings. The van der Waals surface area contributed by atoms with Gasteiger partial charge in [0.05, 0.1) is 0 Å². The van der Waals surface area contributed by atoms with E-state index in [-0.39, 0.29) is 26.2 Å². The molecular formula is C17H15ClF4N4O. The number of aromatic nitrogens is 1. The zero-order valence-corrected chi connectivity index (χ0v) is 14.7. The van der Waals surface area contributed by atoms with Crippen LogP contribution >= 0.6 is 11.6 Å². The molecule has 1 aliphatic heterocycles. The molecule has 1 aromatic heterocycles. The Balaban J connectivity index is 1.80. The molecule has 1 saturated heterocycles. The van der Waals surface area contributed by atoms with E-state index in [4.69, 9.17) is 17.3 Å². The third-order valence-electron chi connectivity index (χ3n) is 4.43. The number of anilines is 1. The standard InChI is InChI=1S/C17H15ClF4N4O/c18-10-3-1-9(2-4-10)13(17(23)27)25-5-7-26(8-6-25)14-11(19)15(21)24-16(22)12(14)20/h1-4,13H,5-8H2,(H2,23,27). The Kier molecular flexibility index (Phi) is 5.52. The SMILES string of the molecule is NC(=O)C(c1ccc(Cl)cc1)N1CCN(c2c(F)c(F)nc(F)c2F)CC1. The lowest BCUT2D eigenvalue weighted by molar-refractivity contribution is -0.123. The van der Waals surface area contributed by atoms with Crippen LogP contribution in [0.1, 0.15) is 11.6 Å². The first-order valence-corrected chi connectivity index (χ1v) is 8.41. The second-order valence-electron chi connectivity index (χ2n) is 6.05. The van der Waals surface area contributed by atoms with Gasteiger partial charge in [0.1, 0.15) is 11.7 Å². The van der Waals surface area contributed by atoms with Crippen LogP contribution in [-0.4, -0.2) is 42.0 Å². The molecule has 0 spiro atoms. The summed E-state index contributed by atoms with van der Waals surface area (Å²) in [6.45, 7) is 0.462. The summed E-state index contributed by atoms with van der Waals surface area (Å²) in [4.78, 5) is 17.4. The van der Waals surface area contributed by atoms with Crippen molar-refractivity contribution in [1.29, 1.82) is 0 Å². The number of benzene rings is 1. The van der Waals surface area contributed by atoms with Crippen molar-refractivity contribution < 1.29 is 22.4 Å². The summed E-state index contributed by atoms with van der Waals surface area (Å²) in [5.74, 6) is -7.10. The minimum Gasteiger partial charge on any atom is -0.368 e. The van der Waals surface area contributed by atoms with E-state index in [0.29, 0.717) is 10.6 Å². The predicted molar refractivity (Wildman–Crippen MR) is 91.2 cm³/mol. The second kappa shape index (κ2) is 7.69. The maximum absolute atomic E-state index is 13.9. The quantitative estimate of drug-likeness (QED) is 0.631. The van der Waals surface area contributed by atoms with Crippen LogP contribution in [0.25, 0.3) is 0 Å². The van der Waals surface area contributed by atoms with Gasteiger partial charge in [0.25, 0.3) is 11.9 Å². The van der Waals surface area contributed by atoms with Crippen LogP contribution in [0.3, 0.4) is 0 Å². The zero-order chi connectivity index (χ0) is 19.7. The highest BCUT2D eigenvalue weighted by Gasteiger charge is 2.32. The highest BCUT2D eigenvalue weighted by Crippen LogP contribution is 2.29. The first kappa shape index (κ1) is 19.4. The Labute approximate surface area is 157 Å². The van der Waals surface area contributed by atoms with Crippen molar-refractivity contribution >= 4 is 23.2 Å². The Morgan fingerprint density at radius 1 is 1.00 bits per heavy atom. The van der Waals surface area contributed by atoms with E-state index in [1.165, 1.54) is 4.90 Å².